The lowest BCUT2D eigenvalue weighted by molar-refractivity contribution is 0.211. The van der Waals surface area contributed by atoms with Crippen molar-refractivity contribution in [3.8, 4) is 0 Å². The van der Waals surface area contributed by atoms with Crippen LogP contribution in [0.5, 0.6) is 0 Å². The average molecular weight is 316 g/mol. The summed E-state index contributed by atoms with van der Waals surface area (Å²) in [6.45, 7) is 14.5. The van der Waals surface area contributed by atoms with E-state index in [1.165, 1.54) is 64.1 Å². The zero-order valence-corrected chi connectivity index (χ0v) is 14.9. The van der Waals surface area contributed by atoms with Gasteiger partial charge in [-0.25, -0.2) is 0 Å². The van der Waals surface area contributed by atoms with Crippen molar-refractivity contribution < 1.29 is 0 Å². The van der Waals surface area contributed by atoms with Crippen LogP contribution in [0.2, 0.25) is 0 Å². The number of nitrogens with zero attached hydrogens (tertiary/aromatic N) is 2. The van der Waals surface area contributed by atoms with Crippen LogP contribution in [-0.2, 0) is 0 Å². The van der Waals surface area contributed by atoms with E-state index in [9.17, 15) is 0 Å². The Labute approximate surface area is 142 Å². The van der Waals surface area contributed by atoms with Crippen LogP contribution in [0.4, 0.5) is 5.69 Å². The smallest absolute Gasteiger partial charge is 0.0366 e. The Kier molecular flexibility index (Phi) is 6.97. The minimum atomic E-state index is 0.641. The highest BCUT2D eigenvalue weighted by Crippen LogP contribution is 2.25. The van der Waals surface area contributed by atoms with Gasteiger partial charge in [-0.2, -0.15) is 0 Å². The van der Waals surface area contributed by atoms with Crippen molar-refractivity contribution in [1.82, 2.24) is 4.90 Å². The monoisotopic (exact) mass is 315 g/mol. The molecule has 128 valence electrons. The first kappa shape index (κ1) is 17.9. The molecular weight excluding hydrogens is 282 g/mol. The molecule has 1 aliphatic heterocycles. The Morgan fingerprint density at radius 3 is 2.17 bits per heavy atom. The van der Waals surface area contributed by atoms with Gasteiger partial charge in [0.05, 0.1) is 0 Å². The van der Waals surface area contributed by atoms with E-state index in [-0.39, 0.29) is 0 Å². The van der Waals surface area contributed by atoms with Crippen molar-refractivity contribution >= 4 is 11.4 Å². The van der Waals surface area contributed by atoms with Crippen LogP contribution in [0.25, 0.3) is 5.70 Å². The molecule has 0 aromatic heterocycles. The first-order valence-corrected chi connectivity index (χ1v) is 9.16. The van der Waals surface area contributed by atoms with Crippen molar-refractivity contribution in [3.63, 3.8) is 0 Å². The first-order valence-electron chi connectivity index (χ1n) is 9.16. The highest BCUT2D eigenvalue weighted by atomic mass is 15.1. The maximum absolute atomic E-state index is 5.74. The zero-order valence-electron chi connectivity index (χ0n) is 14.9. The molecule has 0 saturated carbocycles. The Balaban J connectivity index is 1.84. The molecule has 0 spiro atoms. The molecule has 1 saturated heterocycles. The van der Waals surface area contributed by atoms with E-state index in [0.717, 1.165) is 11.5 Å². The van der Waals surface area contributed by atoms with Crippen molar-refractivity contribution in [2.45, 2.75) is 39.5 Å². The number of nitrogens with two attached hydrogens (primary N) is 1. The third-order valence-electron chi connectivity index (χ3n) is 4.81. The van der Waals surface area contributed by atoms with Gasteiger partial charge < -0.3 is 15.5 Å². The summed E-state index contributed by atoms with van der Waals surface area (Å²) in [5.41, 5.74) is 8.72. The van der Waals surface area contributed by atoms with Gasteiger partial charge in [0, 0.05) is 31.0 Å². The third kappa shape index (κ3) is 5.28. The second-order valence-corrected chi connectivity index (χ2v) is 6.80. The molecule has 0 radical (unpaired) electrons. The Morgan fingerprint density at radius 2 is 1.70 bits per heavy atom. The van der Waals surface area contributed by atoms with Gasteiger partial charge in [0.1, 0.15) is 0 Å². The van der Waals surface area contributed by atoms with Crippen LogP contribution in [0.3, 0.4) is 0 Å². The number of hydrogen-bond donors (Lipinski definition) is 1. The van der Waals surface area contributed by atoms with Crippen LogP contribution < -0.4 is 10.6 Å². The Bertz CT molecular complexity index is 466. The van der Waals surface area contributed by atoms with E-state index in [0.29, 0.717) is 5.70 Å². The molecule has 1 aromatic rings. The molecule has 2 rings (SSSR count). The minimum Gasteiger partial charge on any atom is -0.399 e. The highest BCUT2D eigenvalue weighted by Gasteiger charge is 2.21. The summed E-state index contributed by atoms with van der Waals surface area (Å²) in [6.07, 6.45) is 5.12. The van der Waals surface area contributed by atoms with E-state index < -0.39 is 0 Å². The summed E-state index contributed by atoms with van der Waals surface area (Å²) in [5.74, 6) is 0.854. The molecule has 3 nitrogen and oxygen atoms in total. The standard InChI is InChI=1S/C20H33N3/c1-4-12-22(13-5-2)16-18-10-14-23(15-11-18)20-8-6-19(7-9-20)17(3)21/h6-9,18H,3-5,10-16,21H2,1-2H3. The predicted molar refractivity (Wildman–Crippen MR) is 102 cm³/mol. The van der Waals surface area contributed by atoms with Gasteiger partial charge in [0.2, 0.25) is 0 Å². The van der Waals surface area contributed by atoms with Crippen LogP contribution in [0.15, 0.2) is 30.8 Å². The van der Waals surface area contributed by atoms with Gasteiger partial charge in [-0.1, -0.05) is 32.6 Å². The molecule has 0 atom stereocenters. The van der Waals surface area contributed by atoms with Gasteiger partial charge in [0.25, 0.3) is 0 Å². The summed E-state index contributed by atoms with van der Waals surface area (Å²) in [6, 6.07) is 8.50. The quantitative estimate of drug-likeness (QED) is 0.788. The van der Waals surface area contributed by atoms with Crippen LogP contribution in [0.1, 0.15) is 45.1 Å². The minimum absolute atomic E-state index is 0.641. The van der Waals surface area contributed by atoms with E-state index in [1.807, 2.05) is 0 Å². The van der Waals surface area contributed by atoms with Gasteiger partial charge in [-0.15, -0.1) is 0 Å². The molecule has 23 heavy (non-hydrogen) atoms. The number of rotatable bonds is 8. The second-order valence-electron chi connectivity index (χ2n) is 6.80. The summed E-state index contributed by atoms with van der Waals surface area (Å²) >= 11 is 0. The summed E-state index contributed by atoms with van der Waals surface area (Å²) in [7, 11) is 0. The van der Waals surface area contributed by atoms with E-state index >= 15 is 0 Å². The van der Waals surface area contributed by atoms with E-state index in [1.54, 1.807) is 0 Å². The van der Waals surface area contributed by atoms with Crippen molar-refractivity contribution in [1.29, 1.82) is 0 Å². The fourth-order valence-corrected chi connectivity index (χ4v) is 3.55. The molecule has 1 aliphatic rings. The van der Waals surface area contributed by atoms with Gasteiger partial charge in [-0.3, -0.25) is 0 Å². The lowest BCUT2D eigenvalue weighted by Crippen LogP contribution is -2.39. The SMILES string of the molecule is C=C(N)c1ccc(N2CCC(CN(CCC)CCC)CC2)cc1. The normalized spacial score (nSPS) is 16.0. The molecule has 1 aromatic carbocycles. The van der Waals surface area contributed by atoms with Crippen LogP contribution in [-0.4, -0.2) is 37.6 Å². The van der Waals surface area contributed by atoms with Crippen molar-refractivity contribution in [2.24, 2.45) is 11.7 Å². The summed E-state index contributed by atoms with van der Waals surface area (Å²) in [5, 5.41) is 0. The molecule has 1 fully saturated rings. The lowest BCUT2D eigenvalue weighted by atomic mass is 9.95. The van der Waals surface area contributed by atoms with Gasteiger partial charge in [0.15, 0.2) is 0 Å². The van der Waals surface area contributed by atoms with Crippen molar-refractivity contribution in [2.75, 3.05) is 37.6 Å². The average Bonchev–Trinajstić information content (AvgIpc) is 2.56. The third-order valence-corrected chi connectivity index (χ3v) is 4.81. The molecular formula is C20H33N3. The highest BCUT2D eigenvalue weighted by molar-refractivity contribution is 5.63. The van der Waals surface area contributed by atoms with E-state index in [4.69, 9.17) is 5.73 Å². The molecule has 3 heteroatoms. The molecule has 0 bridgehead atoms. The molecule has 1 heterocycles. The first-order chi connectivity index (χ1) is 11.1. The predicted octanol–water partition coefficient (Wildman–Crippen LogP) is 3.95. The van der Waals surface area contributed by atoms with Gasteiger partial charge in [-0.05, 0) is 62.4 Å². The largest absolute Gasteiger partial charge is 0.399 e. The Morgan fingerprint density at radius 1 is 1.13 bits per heavy atom. The number of benzene rings is 1. The number of hydrogen-bond acceptors (Lipinski definition) is 3. The topological polar surface area (TPSA) is 32.5 Å². The fraction of sp³-hybridized carbons (Fsp3) is 0.600. The maximum atomic E-state index is 5.74. The Hall–Kier alpha value is -1.48. The molecule has 2 N–H and O–H groups in total. The van der Waals surface area contributed by atoms with Crippen molar-refractivity contribution in [3.05, 3.63) is 36.4 Å². The van der Waals surface area contributed by atoms with Gasteiger partial charge >= 0.3 is 0 Å². The molecule has 0 aliphatic carbocycles. The summed E-state index contributed by atoms with van der Waals surface area (Å²) < 4.78 is 0. The van der Waals surface area contributed by atoms with Crippen LogP contribution >= 0.6 is 0 Å². The maximum Gasteiger partial charge on any atom is 0.0366 e. The second kappa shape index (κ2) is 8.97. The van der Waals surface area contributed by atoms with E-state index in [2.05, 4.69) is 54.5 Å². The zero-order chi connectivity index (χ0) is 16.7. The summed E-state index contributed by atoms with van der Waals surface area (Å²) in [4.78, 5) is 5.16. The molecule has 0 amide bonds. The lowest BCUT2D eigenvalue weighted by Gasteiger charge is -2.36. The van der Waals surface area contributed by atoms with Crippen LogP contribution in [0, 0.1) is 5.92 Å². The fourth-order valence-electron chi connectivity index (χ4n) is 3.55. The molecule has 0 unspecified atom stereocenters. The number of piperidine rings is 1. The number of anilines is 1.